The van der Waals surface area contributed by atoms with Crippen molar-refractivity contribution in [3.05, 3.63) is 146 Å². The van der Waals surface area contributed by atoms with Gasteiger partial charge in [-0.25, -0.2) is 9.55 Å². The molecule has 44 heavy (non-hydrogen) atoms. The number of hydrogen-bond donors (Lipinski definition) is 0. The Morgan fingerprint density at radius 3 is 1.93 bits per heavy atom. The monoisotopic (exact) mass is 564 g/mol. The number of rotatable bonds is 3. The van der Waals surface area contributed by atoms with Crippen molar-refractivity contribution >= 4 is 60.8 Å². The first-order chi connectivity index (χ1) is 21.8. The molecule has 4 aromatic heterocycles. The van der Waals surface area contributed by atoms with E-state index in [9.17, 15) is 0 Å². The second-order valence-electron chi connectivity index (χ2n) is 11.3. The second-order valence-corrected chi connectivity index (χ2v) is 11.3. The Kier molecular flexibility index (Phi) is 4.66. The minimum atomic E-state index is 0.796. The summed E-state index contributed by atoms with van der Waals surface area (Å²) < 4.78 is 13.2. The van der Waals surface area contributed by atoms with Gasteiger partial charge in [-0.3, -0.25) is 4.40 Å². The van der Waals surface area contributed by atoms with Crippen LogP contribution in [0.3, 0.4) is 0 Å². The van der Waals surface area contributed by atoms with E-state index in [1.807, 2.05) is 30.3 Å². The predicted molar refractivity (Wildman–Crippen MR) is 179 cm³/mol. The zero-order valence-electron chi connectivity index (χ0n) is 23.6. The molecular formula is C39H24N4O. The molecule has 4 heterocycles. The summed E-state index contributed by atoms with van der Waals surface area (Å²) in [5.74, 6) is 0.836. The summed E-state index contributed by atoms with van der Waals surface area (Å²) >= 11 is 0. The second kappa shape index (κ2) is 8.72. The van der Waals surface area contributed by atoms with Crippen LogP contribution in [0.25, 0.3) is 83.3 Å². The van der Waals surface area contributed by atoms with E-state index in [2.05, 4.69) is 129 Å². The Morgan fingerprint density at radius 1 is 0.477 bits per heavy atom. The zero-order valence-corrected chi connectivity index (χ0v) is 23.6. The van der Waals surface area contributed by atoms with E-state index in [0.29, 0.717) is 0 Å². The quantitative estimate of drug-likeness (QED) is 0.214. The molecule has 10 rings (SSSR count). The number of nitrogens with zero attached hydrogens (tertiary/aromatic N) is 4. The molecule has 0 radical (unpaired) electrons. The van der Waals surface area contributed by atoms with Crippen LogP contribution >= 0.6 is 0 Å². The maximum atomic E-state index is 6.44. The predicted octanol–water partition coefficient (Wildman–Crippen LogP) is 9.94. The van der Waals surface area contributed by atoms with Gasteiger partial charge < -0.3 is 8.98 Å². The van der Waals surface area contributed by atoms with Gasteiger partial charge in [0.25, 0.3) is 0 Å². The minimum Gasteiger partial charge on any atom is -0.437 e. The molecule has 0 saturated heterocycles. The summed E-state index contributed by atoms with van der Waals surface area (Å²) in [6.07, 6.45) is 0. The summed E-state index contributed by atoms with van der Waals surface area (Å²) in [6, 6.07) is 51.2. The van der Waals surface area contributed by atoms with Crippen molar-refractivity contribution in [3.8, 4) is 22.5 Å². The van der Waals surface area contributed by atoms with Crippen LogP contribution in [0.4, 0.5) is 0 Å². The highest BCUT2D eigenvalue weighted by atomic mass is 16.3. The van der Waals surface area contributed by atoms with Crippen LogP contribution in [0.1, 0.15) is 0 Å². The molecule has 0 aliphatic heterocycles. The van der Waals surface area contributed by atoms with E-state index in [-0.39, 0.29) is 0 Å². The highest BCUT2D eigenvalue weighted by molar-refractivity contribution is 6.10. The highest BCUT2D eigenvalue weighted by Crippen LogP contribution is 2.38. The maximum absolute atomic E-state index is 6.44. The molecule has 0 N–H and O–H groups in total. The lowest BCUT2D eigenvalue weighted by atomic mass is 10.0. The Morgan fingerprint density at radius 2 is 1.11 bits per heavy atom. The van der Waals surface area contributed by atoms with E-state index in [1.54, 1.807) is 0 Å². The van der Waals surface area contributed by atoms with Crippen molar-refractivity contribution in [1.82, 2.24) is 18.5 Å². The van der Waals surface area contributed by atoms with Gasteiger partial charge in [0.1, 0.15) is 11.1 Å². The van der Waals surface area contributed by atoms with Gasteiger partial charge in [0.2, 0.25) is 11.5 Å². The van der Waals surface area contributed by atoms with Gasteiger partial charge in [-0.2, -0.15) is 0 Å². The van der Waals surface area contributed by atoms with Gasteiger partial charge in [-0.05, 0) is 71.8 Å². The van der Waals surface area contributed by atoms with Crippen molar-refractivity contribution in [2.45, 2.75) is 0 Å². The number of imidazole rings is 2. The molecule has 5 nitrogen and oxygen atoms in total. The zero-order chi connectivity index (χ0) is 28.8. The molecule has 206 valence electrons. The van der Waals surface area contributed by atoms with Crippen LogP contribution in [0.15, 0.2) is 150 Å². The van der Waals surface area contributed by atoms with E-state index >= 15 is 0 Å². The largest absolute Gasteiger partial charge is 0.437 e. The Bertz CT molecular complexity index is 2710. The molecule has 0 atom stereocenters. The van der Waals surface area contributed by atoms with Gasteiger partial charge in [0, 0.05) is 21.8 Å². The summed E-state index contributed by atoms with van der Waals surface area (Å²) in [7, 11) is 0. The first-order valence-electron chi connectivity index (χ1n) is 14.8. The Labute approximate surface area is 251 Å². The van der Waals surface area contributed by atoms with Crippen LogP contribution in [0.5, 0.6) is 0 Å². The summed E-state index contributed by atoms with van der Waals surface area (Å²) in [5, 5.41) is 3.57. The lowest BCUT2D eigenvalue weighted by Gasteiger charge is -2.09. The molecule has 10 aromatic rings. The molecule has 0 saturated carbocycles. The third-order valence-corrected chi connectivity index (χ3v) is 8.85. The third kappa shape index (κ3) is 3.15. The molecule has 0 aliphatic carbocycles. The Balaban J connectivity index is 1.23. The van der Waals surface area contributed by atoms with Crippen molar-refractivity contribution in [1.29, 1.82) is 0 Å². The van der Waals surface area contributed by atoms with Crippen molar-refractivity contribution in [3.63, 3.8) is 0 Å². The number of para-hydroxylation sites is 4. The van der Waals surface area contributed by atoms with Crippen molar-refractivity contribution < 1.29 is 4.42 Å². The van der Waals surface area contributed by atoms with E-state index < -0.39 is 0 Å². The van der Waals surface area contributed by atoms with Gasteiger partial charge in [-0.15, -0.1) is 0 Å². The Hall–Kier alpha value is -6.07. The van der Waals surface area contributed by atoms with Gasteiger partial charge in [0.15, 0.2) is 0 Å². The smallest absolute Gasteiger partial charge is 0.232 e. The van der Waals surface area contributed by atoms with Crippen molar-refractivity contribution in [2.75, 3.05) is 0 Å². The number of hydrogen-bond acceptors (Lipinski definition) is 2. The molecule has 0 spiro atoms. The van der Waals surface area contributed by atoms with Gasteiger partial charge in [0.05, 0.1) is 27.8 Å². The summed E-state index contributed by atoms with van der Waals surface area (Å²) in [5.41, 5.74) is 11.5. The highest BCUT2D eigenvalue weighted by Gasteiger charge is 2.23. The van der Waals surface area contributed by atoms with E-state index in [0.717, 1.165) is 61.5 Å². The first kappa shape index (κ1) is 23.5. The molecule has 0 bridgehead atoms. The molecule has 0 unspecified atom stereocenters. The molecular weight excluding hydrogens is 540 g/mol. The SMILES string of the molecule is c1ccc(-n2c3ccccc3c3ccc(-c4ccc5c(c4)nc4n(-c6ccccc6)c6oc7ccccc7c6n54)cc32)cc1. The lowest BCUT2D eigenvalue weighted by Crippen LogP contribution is -1.94. The maximum Gasteiger partial charge on any atom is 0.232 e. The van der Waals surface area contributed by atoms with Gasteiger partial charge in [-0.1, -0.05) is 84.9 Å². The minimum absolute atomic E-state index is 0.796. The van der Waals surface area contributed by atoms with Crippen LogP contribution in [0.2, 0.25) is 0 Å². The first-order valence-corrected chi connectivity index (χ1v) is 14.8. The van der Waals surface area contributed by atoms with Crippen LogP contribution in [0, 0.1) is 0 Å². The number of furan rings is 1. The van der Waals surface area contributed by atoms with Crippen LogP contribution in [-0.2, 0) is 0 Å². The normalized spacial score (nSPS) is 12.1. The fourth-order valence-electron chi connectivity index (χ4n) is 6.91. The summed E-state index contributed by atoms with van der Waals surface area (Å²) in [4.78, 5) is 5.22. The number of fused-ring (bicyclic) bond motifs is 10. The summed E-state index contributed by atoms with van der Waals surface area (Å²) in [6.45, 7) is 0. The van der Waals surface area contributed by atoms with Crippen molar-refractivity contribution in [2.24, 2.45) is 0 Å². The van der Waals surface area contributed by atoms with E-state index in [4.69, 9.17) is 9.40 Å². The lowest BCUT2D eigenvalue weighted by molar-refractivity contribution is 0.645. The third-order valence-electron chi connectivity index (χ3n) is 8.85. The molecule has 0 amide bonds. The fraction of sp³-hybridized carbons (Fsp3) is 0. The number of benzene rings is 6. The van der Waals surface area contributed by atoms with Gasteiger partial charge >= 0.3 is 0 Å². The molecule has 6 aromatic carbocycles. The fourth-order valence-corrected chi connectivity index (χ4v) is 6.91. The number of aromatic nitrogens is 4. The molecule has 0 aliphatic rings. The average molecular weight is 565 g/mol. The van der Waals surface area contributed by atoms with Crippen LogP contribution in [-0.4, -0.2) is 18.5 Å². The molecule has 5 heteroatoms. The topological polar surface area (TPSA) is 40.3 Å². The molecule has 0 fully saturated rings. The van der Waals surface area contributed by atoms with Crippen LogP contribution < -0.4 is 0 Å². The van der Waals surface area contributed by atoms with E-state index in [1.165, 1.54) is 21.8 Å². The average Bonchev–Trinajstić information content (AvgIpc) is 3.80. The standard InChI is InChI=1S/C39H24N4O/c1-3-11-27(12-4-1)41-33-17-9-7-15-29(33)30-21-19-26(24-35(30)41)25-20-22-34-32(23-25)40-39-42(28-13-5-2-6-14-28)38-37(43(34)39)31-16-8-10-18-36(31)44-38/h1-24H.